The molecular weight excluding hydrogens is 278 g/mol. The average molecular weight is 305 g/mol. The number of amides is 2. The van der Waals surface area contributed by atoms with E-state index in [1.807, 2.05) is 29.2 Å². The Hall–Kier alpha value is -1.75. The summed E-state index contributed by atoms with van der Waals surface area (Å²) in [6.45, 7) is 1.86. The van der Waals surface area contributed by atoms with E-state index < -0.39 is 0 Å². The van der Waals surface area contributed by atoms with Crippen LogP contribution in [0.1, 0.15) is 25.7 Å². The molecule has 2 rings (SSSR count). The van der Waals surface area contributed by atoms with Crippen molar-refractivity contribution in [2.75, 3.05) is 39.6 Å². The van der Waals surface area contributed by atoms with Gasteiger partial charge in [0.25, 0.3) is 0 Å². The minimum atomic E-state index is 0.00798. The van der Waals surface area contributed by atoms with E-state index in [2.05, 4.69) is 24.3 Å². The van der Waals surface area contributed by atoms with E-state index in [1.54, 1.807) is 7.11 Å². The molecule has 0 radical (unpaired) electrons. The summed E-state index contributed by atoms with van der Waals surface area (Å²) in [5, 5.41) is 3.00. The second kappa shape index (κ2) is 8.03. The second-order valence-electron chi connectivity index (χ2n) is 6.09. The van der Waals surface area contributed by atoms with Crippen LogP contribution in [0.4, 0.5) is 10.5 Å². The van der Waals surface area contributed by atoms with Crippen molar-refractivity contribution in [3.63, 3.8) is 0 Å². The molecule has 0 saturated carbocycles. The molecule has 1 aliphatic heterocycles. The van der Waals surface area contributed by atoms with Crippen LogP contribution in [-0.2, 0) is 0 Å². The molecule has 1 saturated heterocycles. The van der Waals surface area contributed by atoms with E-state index in [-0.39, 0.29) is 6.03 Å². The van der Waals surface area contributed by atoms with Crippen LogP contribution >= 0.6 is 0 Å². The molecule has 122 valence electrons. The average Bonchev–Trinajstić information content (AvgIpc) is 2.54. The molecule has 5 heteroatoms. The molecule has 0 bridgehead atoms. The molecule has 1 aromatic rings. The highest BCUT2D eigenvalue weighted by atomic mass is 16.5. The Bertz CT molecular complexity index is 473. The van der Waals surface area contributed by atoms with Gasteiger partial charge in [0.05, 0.1) is 7.11 Å². The molecular formula is C17H27N3O2. The maximum atomic E-state index is 12.5. The zero-order chi connectivity index (χ0) is 15.9. The molecule has 1 atom stereocenters. The molecule has 1 N–H and O–H groups in total. The van der Waals surface area contributed by atoms with E-state index >= 15 is 0 Å². The van der Waals surface area contributed by atoms with Crippen LogP contribution in [0.3, 0.4) is 0 Å². The lowest BCUT2D eigenvalue weighted by Crippen LogP contribution is -2.46. The lowest BCUT2D eigenvalue weighted by molar-refractivity contribution is 0.152. The zero-order valence-corrected chi connectivity index (χ0v) is 13.8. The molecule has 0 aliphatic carbocycles. The quantitative estimate of drug-likeness (QED) is 0.909. The van der Waals surface area contributed by atoms with Gasteiger partial charge in [-0.05, 0) is 70.6 Å². The Balaban J connectivity index is 1.95. The number of urea groups is 1. The predicted octanol–water partition coefficient (Wildman–Crippen LogP) is 3.03. The Morgan fingerprint density at radius 2 is 2.05 bits per heavy atom. The number of hydrogen-bond donors (Lipinski definition) is 1. The molecule has 1 heterocycles. The van der Waals surface area contributed by atoms with Crippen molar-refractivity contribution < 1.29 is 9.53 Å². The summed E-state index contributed by atoms with van der Waals surface area (Å²) in [5.74, 6) is 0.792. The van der Waals surface area contributed by atoms with E-state index in [0.29, 0.717) is 6.04 Å². The van der Waals surface area contributed by atoms with Crippen LogP contribution in [0, 0.1) is 0 Å². The third-order valence-electron chi connectivity index (χ3n) is 4.14. The van der Waals surface area contributed by atoms with Crippen molar-refractivity contribution in [2.24, 2.45) is 0 Å². The first-order chi connectivity index (χ1) is 10.6. The maximum absolute atomic E-state index is 12.5. The van der Waals surface area contributed by atoms with Gasteiger partial charge in [-0.1, -0.05) is 0 Å². The van der Waals surface area contributed by atoms with Crippen molar-refractivity contribution >= 4 is 11.7 Å². The molecule has 0 aromatic heterocycles. The minimum Gasteiger partial charge on any atom is -0.497 e. The lowest BCUT2D eigenvalue weighted by atomic mass is 9.99. The van der Waals surface area contributed by atoms with Gasteiger partial charge in [0, 0.05) is 18.3 Å². The third kappa shape index (κ3) is 4.63. The van der Waals surface area contributed by atoms with Gasteiger partial charge in [-0.3, -0.25) is 0 Å². The van der Waals surface area contributed by atoms with Gasteiger partial charge in [-0.15, -0.1) is 0 Å². The van der Waals surface area contributed by atoms with Gasteiger partial charge in [0.15, 0.2) is 0 Å². The fourth-order valence-electron chi connectivity index (χ4n) is 2.84. The van der Waals surface area contributed by atoms with Crippen LogP contribution in [0.15, 0.2) is 24.3 Å². The number of methoxy groups -OCH3 is 1. The minimum absolute atomic E-state index is 0.00798. The number of piperidine rings is 1. The van der Waals surface area contributed by atoms with Crippen LogP contribution in [0.25, 0.3) is 0 Å². The van der Waals surface area contributed by atoms with Crippen molar-refractivity contribution in [3.8, 4) is 5.75 Å². The van der Waals surface area contributed by atoms with Gasteiger partial charge < -0.3 is 19.9 Å². The fraction of sp³-hybridized carbons (Fsp3) is 0.588. The van der Waals surface area contributed by atoms with Gasteiger partial charge in [0.1, 0.15) is 5.75 Å². The summed E-state index contributed by atoms with van der Waals surface area (Å²) < 4.78 is 5.13. The summed E-state index contributed by atoms with van der Waals surface area (Å²) in [6.07, 6.45) is 4.44. The number of anilines is 1. The van der Waals surface area contributed by atoms with Crippen LogP contribution < -0.4 is 10.1 Å². The number of rotatable bonds is 5. The SMILES string of the molecule is COc1ccc(NC(=O)N2CCCC[C@@H]2CCN(C)C)cc1. The molecule has 1 aromatic carbocycles. The van der Waals surface area contributed by atoms with Crippen molar-refractivity contribution in [3.05, 3.63) is 24.3 Å². The summed E-state index contributed by atoms with van der Waals surface area (Å²) in [4.78, 5) is 16.7. The van der Waals surface area contributed by atoms with Crippen molar-refractivity contribution in [1.82, 2.24) is 9.80 Å². The first kappa shape index (κ1) is 16.6. The highest BCUT2D eigenvalue weighted by Crippen LogP contribution is 2.22. The summed E-state index contributed by atoms with van der Waals surface area (Å²) in [6, 6.07) is 7.80. The first-order valence-electron chi connectivity index (χ1n) is 7.96. The number of carbonyl (C=O) groups excluding carboxylic acids is 1. The van der Waals surface area contributed by atoms with Gasteiger partial charge in [0.2, 0.25) is 0 Å². The Morgan fingerprint density at radius 3 is 2.68 bits per heavy atom. The monoisotopic (exact) mass is 305 g/mol. The molecule has 22 heavy (non-hydrogen) atoms. The smallest absolute Gasteiger partial charge is 0.322 e. The Morgan fingerprint density at radius 1 is 1.32 bits per heavy atom. The molecule has 2 amide bonds. The first-order valence-corrected chi connectivity index (χ1v) is 7.96. The normalized spacial score (nSPS) is 18.4. The topological polar surface area (TPSA) is 44.8 Å². The van der Waals surface area contributed by atoms with Crippen molar-refractivity contribution in [1.29, 1.82) is 0 Å². The van der Waals surface area contributed by atoms with Crippen LogP contribution in [-0.4, -0.2) is 56.2 Å². The predicted molar refractivity (Wildman–Crippen MR) is 89.5 cm³/mol. The number of ether oxygens (including phenoxy) is 1. The summed E-state index contributed by atoms with van der Waals surface area (Å²) >= 11 is 0. The summed E-state index contributed by atoms with van der Waals surface area (Å²) in [7, 11) is 5.78. The largest absolute Gasteiger partial charge is 0.497 e. The van der Waals surface area contributed by atoms with E-state index in [0.717, 1.165) is 43.8 Å². The second-order valence-corrected chi connectivity index (χ2v) is 6.09. The number of carbonyl (C=O) groups is 1. The number of likely N-dealkylation sites (tertiary alicyclic amines) is 1. The van der Waals surface area contributed by atoms with E-state index in [4.69, 9.17) is 4.74 Å². The van der Waals surface area contributed by atoms with Gasteiger partial charge in [-0.25, -0.2) is 4.79 Å². The molecule has 0 spiro atoms. The lowest BCUT2D eigenvalue weighted by Gasteiger charge is -2.36. The highest BCUT2D eigenvalue weighted by molar-refractivity contribution is 5.89. The maximum Gasteiger partial charge on any atom is 0.322 e. The van der Waals surface area contributed by atoms with E-state index in [9.17, 15) is 4.79 Å². The van der Waals surface area contributed by atoms with Crippen molar-refractivity contribution in [2.45, 2.75) is 31.7 Å². The zero-order valence-electron chi connectivity index (χ0n) is 13.8. The fourth-order valence-corrected chi connectivity index (χ4v) is 2.84. The van der Waals surface area contributed by atoms with Gasteiger partial charge >= 0.3 is 6.03 Å². The molecule has 5 nitrogen and oxygen atoms in total. The van der Waals surface area contributed by atoms with Gasteiger partial charge in [-0.2, -0.15) is 0 Å². The number of nitrogens with one attached hydrogen (secondary N) is 1. The number of nitrogens with zero attached hydrogens (tertiary/aromatic N) is 2. The number of hydrogen-bond acceptors (Lipinski definition) is 3. The Kier molecular flexibility index (Phi) is 6.07. The summed E-state index contributed by atoms with van der Waals surface area (Å²) in [5.41, 5.74) is 0.808. The molecule has 1 fully saturated rings. The van der Waals surface area contributed by atoms with Crippen LogP contribution in [0.5, 0.6) is 5.75 Å². The molecule has 0 unspecified atom stereocenters. The Labute approximate surface area is 133 Å². The highest BCUT2D eigenvalue weighted by Gasteiger charge is 2.26. The standard InChI is InChI=1S/C17H27N3O2/c1-19(2)13-11-15-6-4-5-12-20(15)17(21)18-14-7-9-16(22-3)10-8-14/h7-10,15H,4-6,11-13H2,1-3H3,(H,18,21)/t15-/m1/s1. The molecule has 1 aliphatic rings. The number of benzene rings is 1. The van der Waals surface area contributed by atoms with Crippen LogP contribution in [0.2, 0.25) is 0 Å². The van der Waals surface area contributed by atoms with E-state index in [1.165, 1.54) is 6.42 Å². The third-order valence-corrected chi connectivity index (χ3v) is 4.14.